The molecular weight excluding hydrogens is 186 g/mol. The molecule has 0 saturated carbocycles. The van der Waals surface area contributed by atoms with Gasteiger partial charge in [0, 0.05) is 0 Å². The molecule has 5 heteroatoms. The second-order valence-corrected chi connectivity index (χ2v) is 3.67. The molecule has 68 valence electrons. The van der Waals surface area contributed by atoms with Crippen molar-refractivity contribution in [2.45, 2.75) is 13.0 Å². The third kappa shape index (κ3) is 1.61. The van der Waals surface area contributed by atoms with Crippen LogP contribution < -0.4 is 5.73 Å². The van der Waals surface area contributed by atoms with Crippen molar-refractivity contribution >= 4 is 11.3 Å². The molecule has 2 rings (SSSR count). The van der Waals surface area contributed by atoms with E-state index in [4.69, 9.17) is 10.3 Å². The minimum atomic E-state index is -0.207. The minimum Gasteiger partial charge on any atom is -0.337 e. The van der Waals surface area contributed by atoms with E-state index in [1.165, 1.54) is 0 Å². The summed E-state index contributed by atoms with van der Waals surface area (Å²) in [7, 11) is 0. The maximum absolute atomic E-state index is 5.59. The van der Waals surface area contributed by atoms with E-state index in [0.29, 0.717) is 11.7 Å². The predicted molar refractivity (Wildman–Crippen MR) is 50.2 cm³/mol. The topological polar surface area (TPSA) is 64.9 Å². The number of hydrogen-bond acceptors (Lipinski definition) is 5. The molecule has 0 aliphatic carbocycles. The molecule has 2 heterocycles. The summed E-state index contributed by atoms with van der Waals surface area (Å²) in [5.74, 6) is 1.09. The van der Waals surface area contributed by atoms with Crippen LogP contribution in [0.2, 0.25) is 0 Å². The molecule has 0 aliphatic heterocycles. The largest absolute Gasteiger partial charge is 0.337 e. The fraction of sp³-hybridized carbons (Fsp3) is 0.250. The average Bonchev–Trinajstić information content (AvgIpc) is 2.75. The third-order valence-corrected chi connectivity index (χ3v) is 2.44. The first-order chi connectivity index (χ1) is 6.27. The summed E-state index contributed by atoms with van der Waals surface area (Å²) in [6, 6.07) is 3.68. The fourth-order valence-electron chi connectivity index (χ4n) is 0.926. The summed E-state index contributed by atoms with van der Waals surface area (Å²) >= 11 is 1.58. The van der Waals surface area contributed by atoms with Gasteiger partial charge in [0.1, 0.15) is 0 Å². The molecule has 0 aromatic carbocycles. The van der Waals surface area contributed by atoms with Crippen LogP contribution in [0.25, 0.3) is 10.7 Å². The number of nitrogens with two attached hydrogens (primary N) is 1. The van der Waals surface area contributed by atoms with Crippen LogP contribution in [0.4, 0.5) is 0 Å². The van der Waals surface area contributed by atoms with Gasteiger partial charge in [-0.1, -0.05) is 11.2 Å². The molecule has 0 radical (unpaired) electrons. The Morgan fingerprint density at radius 1 is 1.62 bits per heavy atom. The van der Waals surface area contributed by atoms with Crippen LogP contribution in [0, 0.1) is 0 Å². The van der Waals surface area contributed by atoms with E-state index in [1.807, 2.05) is 24.4 Å². The Morgan fingerprint density at radius 3 is 3.00 bits per heavy atom. The lowest BCUT2D eigenvalue weighted by Gasteiger charge is -1.92. The molecule has 0 saturated heterocycles. The predicted octanol–water partition coefficient (Wildman–Crippen LogP) is 1.82. The van der Waals surface area contributed by atoms with Gasteiger partial charge in [-0.05, 0) is 18.4 Å². The number of rotatable bonds is 2. The molecular formula is C8H9N3OS. The molecule has 0 spiro atoms. The lowest BCUT2D eigenvalue weighted by molar-refractivity contribution is 0.362. The molecule has 13 heavy (non-hydrogen) atoms. The summed E-state index contributed by atoms with van der Waals surface area (Å²) in [6.07, 6.45) is 0. The second kappa shape index (κ2) is 3.27. The zero-order valence-corrected chi connectivity index (χ0v) is 7.91. The number of aromatic nitrogens is 2. The minimum absolute atomic E-state index is 0.207. The molecule has 1 atom stereocenters. The van der Waals surface area contributed by atoms with Crippen LogP contribution in [0.1, 0.15) is 18.9 Å². The van der Waals surface area contributed by atoms with Crippen molar-refractivity contribution in [3.63, 3.8) is 0 Å². The Labute approximate surface area is 79.4 Å². The number of hydrogen-bond donors (Lipinski definition) is 1. The molecule has 4 nitrogen and oxygen atoms in total. The maximum atomic E-state index is 5.59. The molecule has 2 aromatic rings. The van der Waals surface area contributed by atoms with E-state index in [9.17, 15) is 0 Å². The average molecular weight is 195 g/mol. The van der Waals surface area contributed by atoms with Crippen LogP contribution >= 0.6 is 11.3 Å². The van der Waals surface area contributed by atoms with Crippen LogP contribution in [0.3, 0.4) is 0 Å². The van der Waals surface area contributed by atoms with Crippen molar-refractivity contribution in [3.8, 4) is 10.7 Å². The highest BCUT2D eigenvalue weighted by atomic mass is 32.1. The van der Waals surface area contributed by atoms with Crippen molar-refractivity contribution < 1.29 is 4.52 Å². The summed E-state index contributed by atoms with van der Waals surface area (Å²) in [5, 5.41) is 5.79. The second-order valence-electron chi connectivity index (χ2n) is 2.72. The van der Waals surface area contributed by atoms with E-state index in [1.54, 1.807) is 11.3 Å². The van der Waals surface area contributed by atoms with Gasteiger partial charge in [0.25, 0.3) is 0 Å². The SMILES string of the molecule is CC(N)c1nc(-c2cccs2)no1. The lowest BCUT2D eigenvalue weighted by Crippen LogP contribution is -2.04. The smallest absolute Gasteiger partial charge is 0.243 e. The van der Waals surface area contributed by atoms with Crippen molar-refractivity contribution in [2.24, 2.45) is 5.73 Å². The van der Waals surface area contributed by atoms with Crippen molar-refractivity contribution in [3.05, 3.63) is 23.4 Å². The first-order valence-electron chi connectivity index (χ1n) is 3.90. The van der Waals surface area contributed by atoms with E-state index in [-0.39, 0.29) is 6.04 Å². The fourth-order valence-corrected chi connectivity index (χ4v) is 1.58. The van der Waals surface area contributed by atoms with Gasteiger partial charge in [-0.2, -0.15) is 4.98 Å². The zero-order valence-electron chi connectivity index (χ0n) is 7.10. The standard InChI is InChI=1S/C8H9N3OS/c1-5(9)8-10-7(11-12-8)6-3-2-4-13-6/h2-5H,9H2,1H3. The molecule has 2 N–H and O–H groups in total. The highest BCUT2D eigenvalue weighted by Gasteiger charge is 2.11. The van der Waals surface area contributed by atoms with E-state index < -0.39 is 0 Å². The van der Waals surface area contributed by atoms with Crippen LogP contribution in [0.15, 0.2) is 22.0 Å². The molecule has 1 unspecified atom stereocenters. The zero-order chi connectivity index (χ0) is 9.26. The van der Waals surface area contributed by atoms with Crippen molar-refractivity contribution in [1.29, 1.82) is 0 Å². The quantitative estimate of drug-likeness (QED) is 0.793. The van der Waals surface area contributed by atoms with Gasteiger partial charge in [0.05, 0.1) is 10.9 Å². The molecule has 0 amide bonds. The van der Waals surface area contributed by atoms with Gasteiger partial charge < -0.3 is 10.3 Å². The Hall–Kier alpha value is -1.20. The van der Waals surface area contributed by atoms with Gasteiger partial charge >= 0.3 is 0 Å². The molecule has 2 aromatic heterocycles. The highest BCUT2D eigenvalue weighted by Crippen LogP contribution is 2.22. The molecule has 0 fully saturated rings. The first kappa shape index (κ1) is 8.40. The summed E-state index contributed by atoms with van der Waals surface area (Å²) < 4.78 is 4.97. The normalized spacial score (nSPS) is 13.1. The maximum Gasteiger partial charge on any atom is 0.243 e. The van der Waals surface area contributed by atoms with Crippen molar-refractivity contribution in [1.82, 2.24) is 10.1 Å². The van der Waals surface area contributed by atoms with Gasteiger partial charge in [-0.3, -0.25) is 0 Å². The summed E-state index contributed by atoms with van der Waals surface area (Å²) in [6.45, 7) is 1.81. The first-order valence-corrected chi connectivity index (χ1v) is 4.78. The van der Waals surface area contributed by atoms with Crippen molar-refractivity contribution in [2.75, 3.05) is 0 Å². The monoisotopic (exact) mass is 195 g/mol. The van der Waals surface area contributed by atoms with Gasteiger partial charge in [-0.25, -0.2) is 0 Å². The molecule has 0 aliphatic rings. The van der Waals surface area contributed by atoms with Crippen LogP contribution in [0.5, 0.6) is 0 Å². The van der Waals surface area contributed by atoms with E-state index in [2.05, 4.69) is 10.1 Å². The Morgan fingerprint density at radius 2 is 2.46 bits per heavy atom. The van der Waals surface area contributed by atoms with E-state index >= 15 is 0 Å². The summed E-state index contributed by atoms with van der Waals surface area (Å²) in [4.78, 5) is 5.16. The third-order valence-electron chi connectivity index (χ3n) is 1.57. The molecule has 0 bridgehead atoms. The Kier molecular flexibility index (Phi) is 2.12. The Bertz CT molecular complexity index is 380. The number of thiophene rings is 1. The van der Waals surface area contributed by atoms with E-state index in [0.717, 1.165) is 4.88 Å². The lowest BCUT2D eigenvalue weighted by atomic mass is 10.4. The van der Waals surface area contributed by atoms with Gasteiger partial charge in [0.2, 0.25) is 11.7 Å². The van der Waals surface area contributed by atoms with Gasteiger partial charge in [-0.15, -0.1) is 11.3 Å². The Balaban J connectivity index is 2.33. The van der Waals surface area contributed by atoms with Crippen LogP contribution in [-0.2, 0) is 0 Å². The van der Waals surface area contributed by atoms with Gasteiger partial charge in [0.15, 0.2) is 0 Å². The van der Waals surface area contributed by atoms with Crippen LogP contribution in [-0.4, -0.2) is 10.1 Å². The summed E-state index contributed by atoms with van der Waals surface area (Å²) in [5.41, 5.74) is 5.59. The number of nitrogens with zero attached hydrogens (tertiary/aromatic N) is 2. The highest BCUT2D eigenvalue weighted by molar-refractivity contribution is 7.13.